The third kappa shape index (κ3) is 67.3. The second-order valence-electron chi connectivity index (χ2n) is 18.9. The molecule has 0 fully saturated rings. The number of hydrogen-bond acceptors (Lipinski definition) is 2. The van der Waals surface area contributed by atoms with Crippen LogP contribution >= 0.6 is 7.49 Å². The minimum Gasteiger partial charge on any atom is -0.415 e. The van der Waals surface area contributed by atoms with Crippen LogP contribution < -0.4 is 0 Å². The quantitative estimate of drug-likeness (QED) is 0.0885. The monoisotopic (exact) mass is 766 g/mol. The van der Waals surface area contributed by atoms with Gasteiger partial charge in [0.1, 0.15) is 7.49 Å². The number of terminal acetylenes is 1. The van der Waals surface area contributed by atoms with E-state index in [9.17, 15) is 0 Å². The molecule has 0 rings (SSSR count). The maximum Gasteiger partial charge on any atom is 0.186 e. The van der Waals surface area contributed by atoms with Crippen molar-refractivity contribution in [2.75, 3.05) is 19.5 Å². The van der Waals surface area contributed by atoms with Gasteiger partial charge in [-0.3, -0.25) is 0 Å². The van der Waals surface area contributed by atoms with Gasteiger partial charge in [-0.15, -0.1) is 12.3 Å². The summed E-state index contributed by atoms with van der Waals surface area (Å²) in [5.41, 5.74) is 0. The molecule has 0 unspecified atom stereocenters. The first-order valence-corrected chi connectivity index (χ1v) is 33.3. The van der Waals surface area contributed by atoms with E-state index in [1.54, 1.807) is 0 Å². The highest BCUT2D eigenvalue weighted by Gasteiger charge is 2.25. The van der Waals surface area contributed by atoms with Crippen molar-refractivity contribution < 1.29 is 8.95 Å². The molecular weight excluding hydrogens is 664 g/mol. The average molecular weight is 767 g/mol. The Labute approximate surface area is 320 Å². The second-order valence-corrected chi connectivity index (χ2v) is 37.9. The number of rotatable bonds is 16. The van der Waals surface area contributed by atoms with Crippen LogP contribution in [-0.4, -0.2) is 56.2 Å². The summed E-state index contributed by atoms with van der Waals surface area (Å²) in [6.45, 7) is 56.4. The normalized spacial score (nSPS) is 11.8. The van der Waals surface area contributed by atoms with Gasteiger partial charge in [-0.05, 0) is 77.4 Å². The highest BCUT2D eigenvalue weighted by Crippen LogP contribution is 2.52. The molecule has 0 N–H and O–H groups in total. The third-order valence-corrected chi connectivity index (χ3v) is 20.1. The van der Waals surface area contributed by atoms with E-state index in [2.05, 4.69) is 176 Å². The van der Waals surface area contributed by atoms with Crippen LogP contribution in [0.4, 0.5) is 0 Å². The summed E-state index contributed by atoms with van der Waals surface area (Å²) in [4.78, 5) is 0. The van der Waals surface area contributed by atoms with Crippen molar-refractivity contribution >= 4 is 32.0 Å². The third-order valence-electron chi connectivity index (χ3n) is 7.86. The molecule has 0 spiro atoms. The molecule has 0 bridgehead atoms. The van der Waals surface area contributed by atoms with E-state index in [1.807, 2.05) is 0 Å². The van der Waals surface area contributed by atoms with E-state index in [-0.39, 0.29) is 0 Å². The van der Waals surface area contributed by atoms with Crippen molar-refractivity contribution in [1.29, 1.82) is 0 Å². The van der Waals surface area contributed by atoms with Gasteiger partial charge in [0.25, 0.3) is 0 Å². The summed E-state index contributed by atoms with van der Waals surface area (Å²) in [5, 5.41) is 0. The van der Waals surface area contributed by atoms with Crippen LogP contribution in [0.15, 0.2) is 0 Å². The summed E-state index contributed by atoms with van der Waals surface area (Å²) in [6, 6.07) is 6.53. The number of hydrogen-bond donors (Lipinski definition) is 0. The van der Waals surface area contributed by atoms with Crippen LogP contribution in [0, 0.1) is 36.0 Å². The maximum absolute atomic E-state index is 5.73. The highest BCUT2D eigenvalue weighted by atomic mass is 31.2. The van der Waals surface area contributed by atoms with E-state index in [1.165, 1.54) is 56.0 Å². The molecule has 0 aliphatic rings. The van der Waals surface area contributed by atoms with Crippen molar-refractivity contribution in [1.82, 2.24) is 0 Å². The molecule has 0 radical (unpaired) electrons. The minimum atomic E-state index is -1.24. The molecule has 0 atom stereocenters. The molecule has 0 amide bonds. The van der Waals surface area contributed by atoms with E-state index >= 15 is 0 Å². The Morgan fingerprint density at radius 1 is 0.551 bits per heavy atom. The van der Waals surface area contributed by atoms with Gasteiger partial charge in [-0.25, -0.2) is 4.52 Å². The summed E-state index contributed by atoms with van der Waals surface area (Å²) >= 11 is 0. The van der Waals surface area contributed by atoms with Crippen LogP contribution in [0.25, 0.3) is 0 Å². The summed E-state index contributed by atoms with van der Waals surface area (Å²) in [6.07, 6.45) is 12.7. The van der Waals surface area contributed by atoms with E-state index < -0.39 is 32.0 Å². The predicted octanol–water partition coefficient (Wildman–Crippen LogP) is 16.5. The van der Waals surface area contributed by atoms with E-state index in [0.717, 1.165) is 29.7 Å². The molecule has 0 aromatic carbocycles. The molecule has 0 saturated carbocycles. The molecule has 0 saturated heterocycles. The topological polar surface area (TPSA) is 18.5 Å². The first kappa shape index (κ1) is 61.6. The molecule has 0 aliphatic carbocycles. The first-order chi connectivity index (χ1) is 21.9. The zero-order valence-electron chi connectivity index (χ0n) is 39.4. The van der Waals surface area contributed by atoms with Gasteiger partial charge in [0.15, 0.2) is 8.32 Å². The standard InChI is InChI=1S/C9H18Si.C8H20Si.C7H18OP.C7H18OSi.2C6H14/c1-6-7-10(4,5)8-9(2)3;1-6-9(4,5)7-8(2)3;2*1-6-9(4,5)8-7(2)3;2*1-4-5-6(2)3/h1,9H,7-8H2,2-5H3;8H,6-7H2,1-5H3;2*7H,6H2,1-5H3;2*6H,4-5H2,1-3H3/q;;+1;;;. The molecule has 2 nitrogen and oxygen atoms in total. The SMILES string of the molecule is C#CC[Si](C)(C)CC(C)C.CCCC(C)C.CCCC(C)C.CC[P+](C)(C)OC(C)C.CC[Si](C)(C)CC(C)C.CC[Si](C)(C)OC(C)C. The lowest BCUT2D eigenvalue weighted by molar-refractivity contribution is 0.232. The van der Waals surface area contributed by atoms with Crippen LogP contribution in [0.5, 0.6) is 0 Å². The molecule has 302 valence electrons. The van der Waals surface area contributed by atoms with Gasteiger partial charge < -0.3 is 4.43 Å². The van der Waals surface area contributed by atoms with Gasteiger partial charge in [0.05, 0.1) is 33.7 Å². The Bertz CT molecular complexity index is 644. The fourth-order valence-corrected chi connectivity index (χ4v) is 13.4. The minimum absolute atomic E-state index is 0.397. The largest absolute Gasteiger partial charge is 0.415 e. The zero-order chi connectivity index (χ0) is 40.7. The Morgan fingerprint density at radius 3 is 1.04 bits per heavy atom. The van der Waals surface area contributed by atoms with Gasteiger partial charge in [0.2, 0.25) is 0 Å². The van der Waals surface area contributed by atoms with Crippen molar-refractivity contribution in [2.45, 2.75) is 225 Å². The molecule has 0 aliphatic heterocycles. The summed E-state index contributed by atoms with van der Waals surface area (Å²) in [7, 11) is -3.96. The lowest BCUT2D eigenvalue weighted by Gasteiger charge is -2.23. The van der Waals surface area contributed by atoms with Gasteiger partial charge >= 0.3 is 0 Å². The van der Waals surface area contributed by atoms with Crippen molar-refractivity contribution in [3.05, 3.63) is 0 Å². The Hall–Kier alpha value is 0.561. The molecule has 0 aromatic rings. The molecule has 0 heterocycles. The lowest BCUT2D eigenvalue weighted by Crippen LogP contribution is -2.32. The Morgan fingerprint density at radius 2 is 0.918 bits per heavy atom. The zero-order valence-corrected chi connectivity index (χ0v) is 43.3. The van der Waals surface area contributed by atoms with Crippen molar-refractivity contribution in [2.24, 2.45) is 23.7 Å². The summed E-state index contributed by atoms with van der Waals surface area (Å²) < 4.78 is 11.4. The molecule has 0 aromatic heterocycles. The van der Waals surface area contributed by atoms with E-state index in [4.69, 9.17) is 15.4 Å². The van der Waals surface area contributed by atoms with Gasteiger partial charge in [0, 0.05) is 20.2 Å². The smallest absolute Gasteiger partial charge is 0.186 e. The first-order valence-electron chi connectivity index (χ1n) is 20.6. The van der Waals surface area contributed by atoms with Crippen LogP contribution in [0.3, 0.4) is 0 Å². The van der Waals surface area contributed by atoms with Crippen molar-refractivity contribution in [3.8, 4) is 12.3 Å². The molecular formula is C43H102O2PSi3+. The summed E-state index contributed by atoms with van der Waals surface area (Å²) in [5.74, 6) is 6.30. The van der Waals surface area contributed by atoms with Gasteiger partial charge in [-0.2, -0.15) is 0 Å². The molecule has 6 heteroatoms. The van der Waals surface area contributed by atoms with Gasteiger partial charge in [-0.1, -0.05) is 153 Å². The van der Waals surface area contributed by atoms with Crippen molar-refractivity contribution in [3.63, 3.8) is 0 Å². The Balaban J connectivity index is -0.000000114. The Kier molecular flexibility index (Phi) is 44.7. The fourth-order valence-electron chi connectivity index (χ4n) is 5.22. The van der Waals surface area contributed by atoms with Crippen LogP contribution in [0.1, 0.15) is 143 Å². The maximum atomic E-state index is 5.73. The van der Waals surface area contributed by atoms with Crippen LogP contribution in [-0.2, 0) is 8.95 Å². The average Bonchev–Trinajstić information content (AvgIpc) is 2.87. The predicted molar refractivity (Wildman–Crippen MR) is 248 cm³/mol. The molecule has 49 heavy (non-hydrogen) atoms. The fraction of sp³-hybridized carbons (Fsp3) is 0.953. The van der Waals surface area contributed by atoms with E-state index in [0.29, 0.717) is 12.2 Å². The highest BCUT2D eigenvalue weighted by molar-refractivity contribution is 7.69. The second kappa shape index (κ2) is 35.6. The lowest BCUT2D eigenvalue weighted by atomic mass is 10.1. The van der Waals surface area contributed by atoms with Crippen LogP contribution in [0.2, 0.25) is 69.5 Å².